The van der Waals surface area contributed by atoms with Crippen LogP contribution in [0.4, 0.5) is 5.69 Å². The Balaban J connectivity index is 1.89. The Morgan fingerprint density at radius 2 is 2.17 bits per heavy atom. The lowest BCUT2D eigenvalue weighted by Crippen LogP contribution is -1.90. The van der Waals surface area contributed by atoms with Crippen molar-refractivity contribution in [3.8, 4) is 15.9 Å². The van der Waals surface area contributed by atoms with E-state index < -0.39 is 0 Å². The van der Waals surface area contributed by atoms with E-state index in [9.17, 15) is 5.11 Å². The Morgan fingerprint density at radius 3 is 3.00 bits per heavy atom. The summed E-state index contributed by atoms with van der Waals surface area (Å²) in [6, 6.07) is 4.28. The predicted molar refractivity (Wildman–Crippen MR) is 72.4 cm³/mol. The number of thiazole rings is 2. The molecule has 1 aromatic carbocycles. The molecule has 0 atom stereocenters. The van der Waals surface area contributed by atoms with Gasteiger partial charge in [-0.25, -0.2) is 9.97 Å². The van der Waals surface area contributed by atoms with Crippen LogP contribution in [0.2, 0.25) is 0 Å². The van der Waals surface area contributed by atoms with Crippen molar-refractivity contribution >= 4 is 38.6 Å². The van der Waals surface area contributed by atoms with Gasteiger partial charge in [0.15, 0.2) is 10.0 Å². The summed E-state index contributed by atoms with van der Waals surface area (Å²) >= 11 is 2.94. The molecule has 1 aliphatic rings. The van der Waals surface area contributed by atoms with Crippen molar-refractivity contribution in [1.82, 2.24) is 9.97 Å². The van der Waals surface area contributed by atoms with E-state index in [-0.39, 0.29) is 5.88 Å². The number of anilines is 1. The summed E-state index contributed by atoms with van der Waals surface area (Å²) < 4.78 is 1.14. The van der Waals surface area contributed by atoms with E-state index in [2.05, 4.69) is 27.4 Å². The molecule has 18 heavy (non-hydrogen) atoms. The van der Waals surface area contributed by atoms with Crippen molar-refractivity contribution in [2.75, 3.05) is 11.9 Å². The third-order valence-corrected chi connectivity index (χ3v) is 4.97. The van der Waals surface area contributed by atoms with E-state index in [1.807, 2.05) is 0 Å². The molecule has 0 saturated heterocycles. The van der Waals surface area contributed by atoms with E-state index >= 15 is 0 Å². The lowest BCUT2D eigenvalue weighted by Gasteiger charge is -1.97. The van der Waals surface area contributed by atoms with E-state index in [0.29, 0.717) is 5.01 Å². The highest BCUT2D eigenvalue weighted by atomic mass is 32.1. The van der Waals surface area contributed by atoms with Crippen molar-refractivity contribution in [3.63, 3.8) is 0 Å². The van der Waals surface area contributed by atoms with Gasteiger partial charge in [0.1, 0.15) is 0 Å². The molecular weight excluding hydrogens is 266 g/mol. The molecule has 0 fully saturated rings. The second-order valence-electron chi connectivity index (χ2n) is 4.16. The number of fused-ring (bicyclic) bond motifs is 2. The van der Waals surface area contributed by atoms with Crippen molar-refractivity contribution in [1.29, 1.82) is 0 Å². The quantitative estimate of drug-likeness (QED) is 0.740. The molecule has 0 saturated carbocycles. The van der Waals surface area contributed by atoms with Gasteiger partial charge in [0.2, 0.25) is 0 Å². The topological polar surface area (TPSA) is 60.9 Å². The first-order chi connectivity index (χ1) is 8.79. The predicted octanol–water partition coefficient (Wildman–Crippen LogP) is 2.46. The Bertz CT molecular complexity index is 706. The van der Waals surface area contributed by atoms with E-state index in [1.165, 1.54) is 28.0 Å². The third-order valence-electron chi connectivity index (χ3n) is 2.99. The number of rotatable bonds is 1. The molecule has 0 aliphatic carbocycles. The summed E-state index contributed by atoms with van der Waals surface area (Å²) in [7, 11) is 0. The average molecular weight is 274 g/mol. The van der Waals surface area contributed by atoms with Gasteiger partial charge in [0.05, 0.1) is 10.2 Å². The molecule has 0 radical (unpaired) electrons. The lowest BCUT2D eigenvalue weighted by atomic mass is 10.1. The lowest BCUT2D eigenvalue weighted by molar-refractivity contribution is -0.274. The van der Waals surface area contributed by atoms with Crippen molar-refractivity contribution < 1.29 is 5.11 Å². The summed E-state index contributed by atoms with van der Waals surface area (Å²) in [5.41, 5.74) is 3.53. The van der Waals surface area contributed by atoms with Crippen LogP contribution in [0.1, 0.15) is 5.56 Å². The Labute approximate surface area is 111 Å². The highest BCUT2D eigenvalue weighted by Gasteiger charge is 2.14. The molecule has 6 heteroatoms. The van der Waals surface area contributed by atoms with Gasteiger partial charge in [-0.05, 0) is 30.0 Å². The van der Waals surface area contributed by atoms with Crippen molar-refractivity contribution in [3.05, 3.63) is 23.1 Å². The maximum absolute atomic E-state index is 11.1. The second-order valence-corrected chi connectivity index (χ2v) is 6.05. The van der Waals surface area contributed by atoms with Crippen LogP contribution in [0, 0.1) is 0 Å². The van der Waals surface area contributed by atoms with Gasteiger partial charge in [0.25, 0.3) is 0 Å². The van der Waals surface area contributed by atoms with Crippen LogP contribution in [0.5, 0.6) is 5.88 Å². The molecule has 2 aromatic heterocycles. The van der Waals surface area contributed by atoms with Crippen LogP contribution in [0.15, 0.2) is 17.5 Å². The van der Waals surface area contributed by atoms with E-state index in [4.69, 9.17) is 0 Å². The third kappa shape index (κ3) is 1.49. The summed E-state index contributed by atoms with van der Waals surface area (Å²) in [6.07, 6.45) is 1.06. The Hall–Kier alpha value is -1.66. The zero-order valence-electron chi connectivity index (χ0n) is 9.27. The van der Waals surface area contributed by atoms with Crippen LogP contribution in [-0.4, -0.2) is 16.5 Å². The van der Waals surface area contributed by atoms with Gasteiger partial charge in [-0.15, -0.1) is 22.7 Å². The van der Waals surface area contributed by atoms with Gasteiger partial charge in [-0.2, -0.15) is 0 Å². The monoisotopic (exact) mass is 274 g/mol. The molecule has 0 spiro atoms. The summed E-state index contributed by atoms with van der Waals surface area (Å²) in [5, 5.41) is 17.5. The molecule has 0 bridgehead atoms. The molecule has 1 aliphatic heterocycles. The molecule has 4 nitrogen and oxygen atoms in total. The minimum atomic E-state index is -0.182. The summed E-state index contributed by atoms with van der Waals surface area (Å²) in [5.74, 6) is -0.182. The second kappa shape index (κ2) is 3.66. The van der Waals surface area contributed by atoms with Crippen molar-refractivity contribution in [2.24, 2.45) is 0 Å². The fourth-order valence-electron chi connectivity index (χ4n) is 2.17. The van der Waals surface area contributed by atoms with Crippen LogP contribution in [-0.2, 0) is 6.42 Å². The normalized spacial score (nSPS) is 13.8. The maximum atomic E-state index is 11.1. The van der Waals surface area contributed by atoms with Crippen LogP contribution in [0.3, 0.4) is 0 Å². The molecule has 4 rings (SSSR count). The van der Waals surface area contributed by atoms with E-state index in [1.54, 1.807) is 11.3 Å². The van der Waals surface area contributed by atoms with E-state index in [0.717, 1.165) is 28.2 Å². The number of aromatic nitrogens is 2. The standard InChI is InChI=1S/C12H9N3OS2/c16-10-5-17-11(15-10)12-14-8-3-6-1-2-13-7(6)4-9(8)18-12/h3-5,13,16H,1-2H2/p-1. The fraction of sp³-hybridized carbons (Fsp3) is 0.167. The number of hydrogen-bond donors (Lipinski definition) is 1. The smallest absolute Gasteiger partial charge is 0.153 e. The minimum absolute atomic E-state index is 0.182. The molecule has 1 N–H and O–H groups in total. The van der Waals surface area contributed by atoms with Crippen molar-refractivity contribution in [2.45, 2.75) is 6.42 Å². The summed E-state index contributed by atoms with van der Waals surface area (Å²) in [4.78, 5) is 8.52. The zero-order chi connectivity index (χ0) is 12.1. The first-order valence-corrected chi connectivity index (χ1v) is 7.29. The highest BCUT2D eigenvalue weighted by Crippen LogP contribution is 2.36. The summed E-state index contributed by atoms with van der Waals surface area (Å²) in [6.45, 7) is 1.01. The number of nitrogens with one attached hydrogen (secondary N) is 1. The van der Waals surface area contributed by atoms with Crippen LogP contribution < -0.4 is 10.4 Å². The molecular formula is C12H8N3OS2-. The van der Waals surface area contributed by atoms with Gasteiger partial charge in [-0.3, -0.25) is 0 Å². The minimum Gasteiger partial charge on any atom is -0.858 e. The highest BCUT2D eigenvalue weighted by molar-refractivity contribution is 7.25. The van der Waals surface area contributed by atoms with Gasteiger partial charge in [0, 0.05) is 17.6 Å². The number of nitrogens with zero attached hydrogens (tertiary/aromatic N) is 2. The van der Waals surface area contributed by atoms with Gasteiger partial charge >= 0.3 is 0 Å². The molecule has 3 aromatic rings. The fourth-order valence-corrected chi connectivity index (χ4v) is 3.86. The van der Waals surface area contributed by atoms with Crippen LogP contribution in [0.25, 0.3) is 20.2 Å². The van der Waals surface area contributed by atoms with Gasteiger partial charge < -0.3 is 10.4 Å². The zero-order valence-corrected chi connectivity index (χ0v) is 10.9. The average Bonchev–Trinajstić information content (AvgIpc) is 3.02. The number of hydrogen-bond acceptors (Lipinski definition) is 6. The SMILES string of the molecule is [O-]c1csc(-c2nc3cc4c(cc3s2)NCC4)n1. The molecule has 3 heterocycles. The first-order valence-electron chi connectivity index (χ1n) is 5.60. The molecule has 90 valence electrons. The first kappa shape index (κ1) is 10.3. The molecule has 0 amide bonds. The largest absolute Gasteiger partial charge is 0.858 e. The number of benzene rings is 1. The maximum Gasteiger partial charge on any atom is 0.153 e. The van der Waals surface area contributed by atoms with Crippen LogP contribution >= 0.6 is 22.7 Å². The Kier molecular flexibility index (Phi) is 2.09. The Morgan fingerprint density at radius 1 is 1.22 bits per heavy atom. The van der Waals surface area contributed by atoms with Gasteiger partial charge in [-0.1, -0.05) is 0 Å². The molecule has 0 unspecified atom stereocenters.